The Balaban J connectivity index is 1.76. The summed E-state index contributed by atoms with van der Waals surface area (Å²) in [5, 5.41) is 2.87. The number of imidazole rings is 1. The van der Waals surface area contributed by atoms with Crippen molar-refractivity contribution in [3.05, 3.63) is 65.7 Å². The van der Waals surface area contributed by atoms with Crippen LogP contribution < -0.4 is 5.32 Å². The van der Waals surface area contributed by atoms with Gasteiger partial charge in [0.1, 0.15) is 18.2 Å². The lowest BCUT2D eigenvalue weighted by Crippen LogP contribution is -2.37. The Bertz CT molecular complexity index is 900. The van der Waals surface area contributed by atoms with E-state index >= 15 is 0 Å². The third-order valence-corrected chi connectivity index (χ3v) is 4.08. The fourth-order valence-electron chi connectivity index (χ4n) is 2.71. The Labute approximate surface area is 151 Å². The number of nitrogens with one attached hydrogen (secondary N) is 2. The second-order valence-corrected chi connectivity index (χ2v) is 7.29. The molecule has 3 rings (SSSR count). The standard InChI is InChI=1S/C20H22FN3O2/c1-20(2,3)17(18-22-15-10-9-14(21)11-16(15)23-18)24-19(25)26-12-13-7-5-4-6-8-13/h4-11,17H,12H2,1-3H3,(H,22,23)(H,24,25)/t17-/m1/s1. The molecule has 1 aromatic heterocycles. The molecule has 26 heavy (non-hydrogen) atoms. The van der Waals surface area contributed by atoms with Gasteiger partial charge in [0, 0.05) is 6.07 Å². The van der Waals surface area contributed by atoms with Crippen LogP contribution in [0.5, 0.6) is 0 Å². The molecular weight excluding hydrogens is 333 g/mol. The molecule has 1 heterocycles. The number of halogens is 1. The van der Waals surface area contributed by atoms with Crippen molar-refractivity contribution in [2.75, 3.05) is 0 Å². The van der Waals surface area contributed by atoms with Crippen molar-refractivity contribution >= 4 is 17.1 Å². The number of aromatic nitrogens is 2. The molecule has 1 amide bonds. The second kappa shape index (κ2) is 7.15. The molecule has 2 aromatic carbocycles. The van der Waals surface area contributed by atoms with Crippen molar-refractivity contribution < 1.29 is 13.9 Å². The topological polar surface area (TPSA) is 67.0 Å². The Morgan fingerprint density at radius 2 is 1.96 bits per heavy atom. The highest BCUT2D eigenvalue weighted by molar-refractivity contribution is 5.75. The molecule has 2 N–H and O–H groups in total. The van der Waals surface area contributed by atoms with E-state index in [0.717, 1.165) is 11.1 Å². The summed E-state index contributed by atoms with van der Waals surface area (Å²) in [5.41, 5.74) is 1.83. The lowest BCUT2D eigenvalue weighted by molar-refractivity contribution is 0.125. The first-order valence-electron chi connectivity index (χ1n) is 8.45. The number of hydrogen-bond acceptors (Lipinski definition) is 3. The van der Waals surface area contributed by atoms with Crippen LogP contribution in [0.3, 0.4) is 0 Å². The SMILES string of the molecule is CC(C)(C)[C@H](NC(=O)OCc1ccccc1)c1nc2cc(F)ccc2[nH]1. The van der Waals surface area contributed by atoms with Crippen molar-refractivity contribution in [2.24, 2.45) is 5.41 Å². The molecule has 3 aromatic rings. The number of carbonyl (C=O) groups is 1. The minimum atomic E-state index is -0.527. The van der Waals surface area contributed by atoms with Gasteiger partial charge in [-0.3, -0.25) is 0 Å². The largest absolute Gasteiger partial charge is 0.445 e. The fourth-order valence-corrected chi connectivity index (χ4v) is 2.71. The van der Waals surface area contributed by atoms with Crippen LogP contribution in [0.1, 0.15) is 38.2 Å². The molecule has 1 atom stereocenters. The summed E-state index contributed by atoms with van der Waals surface area (Å²) in [7, 11) is 0. The predicted octanol–water partition coefficient (Wildman–Crippen LogP) is 4.72. The van der Waals surface area contributed by atoms with Gasteiger partial charge in [-0.1, -0.05) is 51.1 Å². The normalized spacial score (nSPS) is 12.8. The zero-order chi connectivity index (χ0) is 18.7. The van der Waals surface area contributed by atoms with E-state index in [9.17, 15) is 9.18 Å². The van der Waals surface area contributed by atoms with Crippen LogP contribution in [0.4, 0.5) is 9.18 Å². The third kappa shape index (κ3) is 4.20. The molecule has 0 spiro atoms. The van der Waals surface area contributed by atoms with Gasteiger partial charge in [0.05, 0.1) is 17.1 Å². The lowest BCUT2D eigenvalue weighted by atomic mass is 9.86. The minimum Gasteiger partial charge on any atom is -0.445 e. The molecule has 0 radical (unpaired) electrons. The van der Waals surface area contributed by atoms with Crippen molar-refractivity contribution in [3.8, 4) is 0 Å². The first-order valence-corrected chi connectivity index (χ1v) is 8.45. The summed E-state index contributed by atoms with van der Waals surface area (Å²) < 4.78 is 18.7. The lowest BCUT2D eigenvalue weighted by Gasteiger charge is -2.29. The molecule has 0 aliphatic rings. The van der Waals surface area contributed by atoms with Crippen LogP contribution in [0.15, 0.2) is 48.5 Å². The average molecular weight is 355 g/mol. The number of carbonyl (C=O) groups excluding carboxylic acids is 1. The Kier molecular flexibility index (Phi) is 4.93. The summed E-state index contributed by atoms with van der Waals surface area (Å²) in [6.07, 6.45) is -0.527. The van der Waals surface area contributed by atoms with E-state index in [0.29, 0.717) is 11.3 Å². The third-order valence-electron chi connectivity index (χ3n) is 4.08. The molecule has 0 bridgehead atoms. The molecule has 0 saturated carbocycles. The summed E-state index contributed by atoms with van der Waals surface area (Å²) in [6.45, 7) is 6.16. The van der Waals surface area contributed by atoms with Gasteiger partial charge in [-0.15, -0.1) is 0 Å². The van der Waals surface area contributed by atoms with Crippen LogP contribution in [-0.4, -0.2) is 16.1 Å². The summed E-state index contributed by atoms with van der Waals surface area (Å²) in [4.78, 5) is 19.9. The number of rotatable bonds is 4. The van der Waals surface area contributed by atoms with E-state index in [1.54, 1.807) is 6.07 Å². The summed E-state index contributed by atoms with van der Waals surface area (Å²) >= 11 is 0. The van der Waals surface area contributed by atoms with Crippen LogP contribution in [-0.2, 0) is 11.3 Å². The van der Waals surface area contributed by atoms with Crippen LogP contribution in [0.2, 0.25) is 0 Å². The highest BCUT2D eigenvalue weighted by atomic mass is 19.1. The number of H-pyrrole nitrogens is 1. The molecule has 0 aliphatic carbocycles. The Morgan fingerprint density at radius 1 is 1.23 bits per heavy atom. The molecule has 0 saturated heterocycles. The molecule has 0 unspecified atom stereocenters. The van der Waals surface area contributed by atoms with Crippen molar-refractivity contribution in [1.82, 2.24) is 15.3 Å². The van der Waals surface area contributed by atoms with Crippen molar-refractivity contribution in [3.63, 3.8) is 0 Å². The van der Waals surface area contributed by atoms with Gasteiger partial charge in [0.2, 0.25) is 0 Å². The van der Waals surface area contributed by atoms with E-state index in [-0.39, 0.29) is 17.8 Å². The molecule has 136 valence electrons. The van der Waals surface area contributed by atoms with Crippen molar-refractivity contribution in [1.29, 1.82) is 0 Å². The summed E-state index contributed by atoms with van der Waals surface area (Å²) in [6, 6.07) is 13.4. The minimum absolute atomic E-state index is 0.189. The van der Waals surface area contributed by atoms with Crippen molar-refractivity contribution in [2.45, 2.75) is 33.4 Å². The number of hydrogen-bond donors (Lipinski definition) is 2. The van der Waals surface area contributed by atoms with E-state index in [4.69, 9.17) is 4.74 Å². The molecule has 5 nitrogen and oxygen atoms in total. The molecule has 6 heteroatoms. The van der Waals surface area contributed by atoms with Gasteiger partial charge < -0.3 is 15.0 Å². The number of ether oxygens (including phenoxy) is 1. The number of alkyl carbamates (subject to hydrolysis) is 1. The maximum absolute atomic E-state index is 13.4. The zero-order valence-corrected chi connectivity index (χ0v) is 15.0. The van der Waals surface area contributed by atoms with Gasteiger partial charge in [-0.05, 0) is 23.1 Å². The summed E-state index contributed by atoms with van der Waals surface area (Å²) in [5.74, 6) is 0.216. The zero-order valence-electron chi connectivity index (χ0n) is 15.0. The quantitative estimate of drug-likeness (QED) is 0.712. The second-order valence-electron chi connectivity index (χ2n) is 7.29. The molecular formula is C20H22FN3O2. The van der Waals surface area contributed by atoms with Gasteiger partial charge in [0.25, 0.3) is 0 Å². The first kappa shape index (κ1) is 17.9. The Morgan fingerprint density at radius 3 is 2.65 bits per heavy atom. The number of fused-ring (bicyclic) bond motifs is 1. The highest BCUT2D eigenvalue weighted by Gasteiger charge is 2.31. The molecule has 0 aliphatic heterocycles. The van der Waals surface area contributed by atoms with Crippen LogP contribution >= 0.6 is 0 Å². The first-order chi connectivity index (χ1) is 12.3. The highest BCUT2D eigenvalue weighted by Crippen LogP contribution is 2.32. The van der Waals surface area contributed by atoms with E-state index < -0.39 is 12.1 Å². The van der Waals surface area contributed by atoms with Gasteiger partial charge >= 0.3 is 6.09 Å². The number of amides is 1. The van der Waals surface area contributed by atoms with E-state index in [1.807, 2.05) is 51.1 Å². The van der Waals surface area contributed by atoms with Gasteiger partial charge in [-0.25, -0.2) is 14.2 Å². The maximum atomic E-state index is 13.4. The van der Waals surface area contributed by atoms with E-state index in [1.165, 1.54) is 12.1 Å². The maximum Gasteiger partial charge on any atom is 0.408 e. The monoisotopic (exact) mass is 355 g/mol. The van der Waals surface area contributed by atoms with Crippen LogP contribution in [0, 0.1) is 11.2 Å². The van der Waals surface area contributed by atoms with Gasteiger partial charge in [0.15, 0.2) is 0 Å². The smallest absolute Gasteiger partial charge is 0.408 e. The molecule has 0 fully saturated rings. The predicted molar refractivity (Wildman–Crippen MR) is 98.0 cm³/mol. The average Bonchev–Trinajstić information content (AvgIpc) is 3.00. The van der Waals surface area contributed by atoms with E-state index in [2.05, 4.69) is 15.3 Å². The van der Waals surface area contributed by atoms with Gasteiger partial charge in [-0.2, -0.15) is 0 Å². The number of aromatic amines is 1. The fraction of sp³-hybridized carbons (Fsp3) is 0.300. The number of nitrogens with zero attached hydrogens (tertiary/aromatic N) is 1. The Hall–Kier alpha value is -2.89. The number of benzene rings is 2. The van der Waals surface area contributed by atoms with Crippen LogP contribution in [0.25, 0.3) is 11.0 Å².